The van der Waals surface area contributed by atoms with Gasteiger partial charge in [0.15, 0.2) is 0 Å². The van der Waals surface area contributed by atoms with Crippen LogP contribution in [0.15, 0.2) is 36.4 Å². The molecule has 2 aromatic rings. The zero-order valence-electron chi connectivity index (χ0n) is 13.1. The Morgan fingerprint density at radius 1 is 1.23 bits per heavy atom. The fourth-order valence-corrected chi connectivity index (χ4v) is 3.18. The molecule has 0 bridgehead atoms. The predicted molar refractivity (Wildman–Crippen MR) is 88.0 cm³/mol. The zero-order valence-corrected chi connectivity index (χ0v) is 13.1. The van der Waals surface area contributed by atoms with E-state index in [0.717, 1.165) is 22.8 Å². The van der Waals surface area contributed by atoms with Crippen molar-refractivity contribution in [2.24, 2.45) is 5.73 Å². The van der Waals surface area contributed by atoms with Gasteiger partial charge in [-0.25, -0.2) is 0 Å². The van der Waals surface area contributed by atoms with Crippen molar-refractivity contribution < 1.29 is 9.53 Å². The van der Waals surface area contributed by atoms with Gasteiger partial charge in [-0.2, -0.15) is 0 Å². The lowest BCUT2D eigenvalue weighted by Gasteiger charge is -2.36. The van der Waals surface area contributed by atoms with Crippen molar-refractivity contribution in [1.29, 1.82) is 0 Å². The number of nitrogens with two attached hydrogens (primary N) is 1. The lowest BCUT2D eigenvalue weighted by Crippen LogP contribution is -2.53. The van der Waals surface area contributed by atoms with Crippen molar-refractivity contribution in [2.45, 2.75) is 25.5 Å². The van der Waals surface area contributed by atoms with Gasteiger partial charge >= 0.3 is 0 Å². The molecule has 0 saturated carbocycles. The summed E-state index contributed by atoms with van der Waals surface area (Å²) in [5, 5.41) is 2.14. The normalized spacial score (nSPS) is 22.0. The maximum Gasteiger partial charge on any atom is 0.254 e. The van der Waals surface area contributed by atoms with E-state index in [4.69, 9.17) is 10.5 Å². The summed E-state index contributed by atoms with van der Waals surface area (Å²) in [5.74, 6) is 0.0603. The molecular weight excluding hydrogens is 276 g/mol. The molecule has 2 aromatic carbocycles. The standard InChI is InChI=1S/C18H22N2O2/c1-12-7-8-15(14-6-4-3-5-13(12)14)18(21)20-10-9-16(19)17(11-20)22-2/h3-8,16-17H,9-11,19H2,1-2H3/t16-,17+/m1/s1. The fourth-order valence-electron chi connectivity index (χ4n) is 3.18. The average Bonchev–Trinajstić information content (AvgIpc) is 2.55. The maximum atomic E-state index is 12.9. The van der Waals surface area contributed by atoms with E-state index in [0.29, 0.717) is 13.1 Å². The van der Waals surface area contributed by atoms with Gasteiger partial charge in [-0.3, -0.25) is 4.79 Å². The molecule has 3 rings (SSSR count). The first-order valence-corrected chi connectivity index (χ1v) is 7.68. The molecule has 0 aromatic heterocycles. The Balaban J connectivity index is 1.94. The predicted octanol–water partition coefficient (Wildman–Crippen LogP) is 2.34. The SMILES string of the molecule is CO[C@H]1CN(C(=O)c2ccc(C)c3ccccc23)CC[C@H]1N. The van der Waals surface area contributed by atoms with Crippen molar-refractivity contribution in [3.8, 4) is 0 Å². The quantitative estimate of drug-likeness (QED) is 0.926. The highest BCUT2D eigenvalue weighted by molar-refractivity contribution is 6.07. The van der Waals surface area contributed by atoms with E-state index in [2.05, 4.69) is 13.0 Å². The highest BCUT2D eigenvalue weighted by atomic mass is 16.5. The minimum absolute atomic E-state index is 0.00353. The number of piperidine rings is 1. The topological polar surface area (TPSA) is 55.6 Å². The van der Waals surface area contributed by atoms with Gasteiger partial charge in [0, 0.05) is 31.8 Å². The number of carbonyl (C=O) groups is 1. The Labute approximate surface area is 130 Å². The summed E-state index contributed by atoms with van der Waals surface area (Å²) in [7, 11) is 1.65. The van der Waals surface area contributed by atoms with Crippen LogP contribution in [0.5, 0.6) is 0 Å². The lowest BCUT2D eigenvalue weighted by molar-refractivity contribution is 0.0163. The van der Waals surface area contributed by atoms with Crippen LogP contribution >= 0.6 is 0 Å². The van der Waals surface area contributed by atoms with Crippen LogP contribution in [0.4, 0.5) is 0 Å². The molecule has 1 amide bonds. The molecule has 1 fully saturated rings. The first-order valence-electron chi connectivity index (χ1n) is 7.68. The first-order chi connectivity index (χ1) is 10.6. The van der Waals surface area contributed by atoms with Crippen LogP contribution in [0.25, 0.3) is 10.8 Å². The molecule has 1 saturated heterocycles. The monoisotopic (exact) mass is 298 g/mol. The Morgan fingerprint density at radius 2 is 1.95 bits per heavy atom. The van der Waals surface area contributed by atoms with Crippen LogP contribution in [0.2, 0.25) is 0 Å². The van der Waals surface area contributed by atoms with Crippen LogP contribution in [0, 0.1) is 6.92 Å². The van der Waals surface area contributed by atoms with Crippen molar-refractivity contribution in [1.82, 2.24) is 4.90 Å². The summed E-state index contributed by atoms with van der Waals surface area (Å²) in [6, 6.07) is 12.0. The molecule has 1 heterocycles. The van der Waals surface area contributed by atoms with Crippen LogP contribution in [-0.4, -0.2) is 43.2 Å². The van der Waals surface area contributed by atoms with Crippen molar-refractivity contribution in [2.75, 3.05) is 20.2 Å². The van der Waals surface area contributed by atoms with Gasteiger partial charge in [-0.15, -0.1) is 0 Å². The van der Waals surface area contributed by atoms with Gasteiger partial charge in [0.2, 0.25) is 0 Å². The van der Waals surface area contributed by atoms with Crippen molar-refractivity contribution >= 4 is 16.7 Å². The average molecular weight is 298 g/mol. The van der Waals surface area contributed by atoms with Gasteiger partial charge < -0.3 is 15.4 Å². The lowest BCUT2D eigenvalue weighted by atomic mass is 9.97. The molecular formula is C18H22N2O2. The zero-order chi connectivity index (χ0) is 15.7. The number of hydrogen-bond acceptors (Lipinski definition) is 3. The Kier molecular flexibility index (Phi) is 4.14. The van der Waals surface area contributed by atoms with Gasteiger partial charge in [-0.05, 0) is 35.7 Å². The molecule has 0 spiro atoms. The summed E-state index contributed by atoms with van der Waals surface area (Å²) < 4.78 is 5.41. The summed E-state index contributed by atoms with van der Waals surface area (Å²) in [6.45, 7) is 3.30. The number of hydrogen-bond donors (Lipinski definition) is 1. The largest absolute Gasteiger partial charge is 0.378 e. The number of likely N-dealkylation sites (tertiary alicyclic amines) is 1. The van der Waals surface area contributed by atoms with E-state index in [1.54, 1.807) is 7.11 Å². The number of methoxy groups -OCH3 is 1. The molecule has 4 nitrogen and oxygen atoms in total. The van der Waals surface area contributed by atoms with Crippen LogP contribution < -0.4 is 5.73 Å². The number of rotatable bonds is 2. The molecule has 1 aliphatic heterocycles. The van der Waals surface area contributed by atoms with Crippen LogP contribution in [0.3, 0.4) is 0 Å². The molecule has 116 valence electrons. The second-order valence-corrected chi connectivity index (χ2v) is 5.95. The van der Waals surface area contributed by atoms with Crippen molar-refractivity contribution in [3.63, 3.8) is 0 Å². The van der Waals surface area contributed by atoms with Gasteiger partial charge in [0.05, 0.1) is 6.10 Å². The number of benzene rings is 2. The molecule has 22 heavy (non-hydrogen) atoms. The van der Waals surface area contributed by atoms with E-state index >= 15 is 0 Å². The number of aryl methyl sites for hydroxylation is 1. The summed E-state index contributed by atoms with van der Waals surface area (Å²) in [5.41, 5.74) is 7.98. The van der Waals surface area contributed by atoms with E-state index in [9.17, 15) is 4.79 Å². The van der Waals surface area contributed by atoms with Gasteiger partial charge in [0.25, 0.3) is 5.91 Å². The van der Waals surface area contributed by atoms with Gasteiger partial charge in [-0.1, -0.05) is 30.3 Å². The second-order valence-electron chi connectivity index (χ2n) is 5.95. The number of ether oxygens (including phenoxy) is 1. The molecule has 0 radical (unpaired) electrons. The van der Waals surface area contributed by atoms with Gasteiger partial charge in [0.1, 0.15) is 0 Å². The Hall–Kier alpha value is -1.91. The summed E-state index contributed by atoms with van der Waals surface area (Å²) in [4.78, 5) is 14.8. The second kappa shape index (κ2) is 6.07. The smallest absolute Gasteiger partial charge is 0.254 e. The van der Waals surface area contributed by atoms with Crippen LogP contribution in [-0.2, 0) is 4.74 Å². The Bertz CT molecular complexity index is 699. The molecule has 1 aliphatic rings. The van der Waals surface area contributed by atoms with Crippen molar-refractivity contribution in [3.05, 3.63) is 47.5 Å². The highest BCUT2D eigenvalue weighted by Crippen LogP contribution is 2.24. The van der Waals surface area contributed by atoms with E-state index in [1.165, 1.54) is 5.56 Å². The third-order valence-electron chi connectivity index (χ3n) is 4.57. The molecule has 4 heteroatoms. The molecule has 0 aliphatic carbocycles. The molecule has 2 atom stereocenters. The number of amides is 1. The molecule has 2 N–H and O–H groups in total. The minimum atomic E-state index is -0.0885. The number of fused-ring (bicyclic) bond motifs is 1. The minimum Gasteiger partial charge on any atom is -0.378 e. The highest BCUT2D eigenvalue weighted by Gasteiger charge is 2.30. The summed E-state index contributed by atoms with van der Waals surface area (Å²) in [6.07, 6.45) is 0.683. The summed E-state index contributed by atoms with van der Waals surface area (Å²) >= 11 is 0. The number of nitrogens with zero attached hydrogens (tertiary/aromatic N) is 1. The van der Waals surface area contributed by atoms with E-state index in [1.807, 2.05) is 35.2 Å². The van der Waals surface area contributed by atoms with Crippen LogP contribution in [0.1, 0.15) is 22.3 Å². The first kappa shape index (κ1) is 15.0. The van der Waals surface area contributed by atoms with E-state index in [-0.39, 0.29) is 18.1 Å². The van der Waals surface area contributed by atoms with E-state index < -0.39 is 0 Å². The molecule has 0 unspecified atom stereocenters. The third kappa shape index (κ3) is 2.60. The third-order valence-corrected chi connectivity index (χ3v) is 4.57. The number of carbonyl (C=O) groups excluding carboxylic acids is 1. The fraction of sp³-hybridized carbons (Fsp3) is 0.389. The maximum absolute atomic E-state index is 12.9. The Morgan fingerprint density at radius 3 is 2.68 bits per heavy atom.